The average Bonchev–Trinajstić information content (AvgIpc) is 3.84. The van der Waals surface area contributed by atoms with Crippen molar-refractivity contribution in [2.75, 3.05) is 0 Å². The van der Waals surface area contributed by atoms with Crippen LogP contribution >= 0.6 is 11.3 Å². The largest absolute Gasteiger partial charge is 0.455 e. The molecule has 0 spiro atoms. The smallest absolute Gasteiger partial charge is 0.143 e. The molecule has 12 rings (SSSR count). The fraction of sp³-hybridized carbons (Fsp3) is 0. The van der Waals surface area contributed by atoms with Gasteiger partial charge in [-0.05, 0) is 83.5 Å². The summed E-state index contributed by atoms with van der Waals surface area (Å²) in [6.45, 7) is 0. The van der Waals surface area contributed by atoms with Crippen molar-refractivity contribution >= 4 is 85.6 Å². The van der Waals surface area contributed by atoms with Crippen molar-refractivity contribution in [1.29, 1.82) is 0 Å². The van der Waals surface area contributed by atoms with Crippen molar-refractivity contribution in [3.8, 4) is 44.7 Å². The number of furan rings is 1. The van der Waals surface area contributed by atoms with Gasteiger partial charge in [-0.3, -0.25) is 0 Å². The van der Waals surface area contributed by atoms with Crippen LogP contribution in [-0.2, 0) is 0 Å². The first-order valence-electron chi connectivity index (χ1n) is 19.2. The maximum Gasteiger partial charge on any atom is 0.143 e. The summed E-state index contributed by atoms with van der Waals surface area (Å²) in [5.41, 5.74) is 9.21. The molecule has 2 heterocycles. The summed E-state index contributed by atoms with van der Waals surface area (Å²) in [5, 5.41) is 13.5. The van der Waals surface area contributed by atoms with E-state index in [1.54, 1.807) is 0 Å². The summed E-state index contributed by atoms with van der Waals surface area (Å²) >= 11 is 1.89. The molecule has 12 aromatic rings. The zero-order chi connectivity index (χ0) is 36.7. The Balaban J connectivity index is 1.25. The Morgan fingerprint density at radius 1 is 0.339 bits per heavy atom. The molecule has 0 saturated carbocycles. The van der Waals surface area contributed by atoms with E-state index in [0.717, 1.165) is 33.4 Å². The predicted octanol–water partition coefficient (Wildman–Crippen LogP) is 16.1. The Kier molecular flexibility index (Phi) is 6.87. The van der Waals surface area contributed by atoms with Crippen LogP contribution in [0.25, 0.3) is 119 Å². The van der Waals surface area contributed by atoms with Crippen LogP contribution in [-0.4, -0.2) is 0 Å². The lowest BCUT2D eigenvalue weighted by Crippen LogP contribution is -1.92. The van der Waals surface area contributed by atoms with Crippen molar-refractivity contribution in [3.05, 3.63) is 194 Å². The lowest BCUT2D eigenvalue weighted by Gasteiger charge is -2.19. The summed E-state index contributed by atoms with van der Waals surface area (Å²) in [5.74, 6) is 0.895. The normalized spacial score (nSPS) is 11.9. The number of hydrogen-bond donors (Lipinski definition) is 0. The van der Waals surface area contributed by atoms with Gasteiger partial charge in [0.25, 0.3) is 0 Å². The third kappa shape index (κ3) is 4.60. The molecule has 0 radical (unpaired) electrons. The van der Waals surface area contributed by atoms with Crippen molar-refractivity contribution in [1.82, 2.24) is 0 Å². The number of hydrogen-bond acceptors (Lipinski definition) is 2. The third-order valence-corrected chi connectivity index (χ3v) is 12.8. The number of thiophene rings is 1. The molecule has 10 aromatic carbocycles. The first kappa shape index (κ1) is 31.4. The minimum atomic E-state index is 0.893. The molecule has 0 saturated heterocycles. The van der Waals surface area contributed by atoms with Crippen LogP contribution in [0.15, 0.2) is 199 Å². The van der Waals surface area contributed by atoms with Crippen molar-refractivity contribution in [2.24, 2.45) is 0 Å². The van der Waals surface area contributed by atoms with E-state index >= 15 is 0 Å². The molecule has 0 aliphatic carbocycles. The summed E-state index contributed by atoms with van der Waals surface area (Å²) in [6.07, 6.45) is 0. The van der Waals surface area contributed by atoms with Crippen LogP contribution in [0, 0.1) is 0 Å². The lowest BCUT2D eigenvalue weighted by molar-refractivity contribution is 0.633. The molecule has 2 heteroatoms. The van der Waals surface area contributed by atoms with Gasteiger partial charge in [0.05, 0.1) is 0 Å². The first-order valence-corrected chi connectivity index (χ1v) is 20.0. The van der Waals surface area contributed by atoms with Gasteiger partial charge in [-0.1, -0.05) is 176 Å². The Morgan fingerprint density at radius 3 is 1.64 bits per heavy atom. The molecule has 56 heavy (non-hydrogen) atoms. The Bertz CT molecular complexity index is 3470. The molecule has 0 bridgehead atoms. The van der Waals surface area contributed by atoms with E-state index in [9.17, 15) is 0 Å². The molecule has 0 N–H and O–H groups in total. The molecule has 1 nitrogen and oxygen atoms in total. The topological polar surface area (TPSA) is 13.1 Å². The van der Waals surface area contributed by atoms with Gasteiger partial charge in [0.1, 0.15) is 11.3 Å². The zero-order valence-corrected chi connectivity index (χ0v) is 31.1. The lowest BCUT2D eigenvalue weighted by atomic mass is 9.84. The highest BCUT2D eigenvalue weighted by atomic mass is 32.1. The van der Waals surface area contributed by atoms with Gasteiger partial charge in [-0.15, -0.1) is 11.3 Å². The fourth-order valence-electron chi connectivity index (χ4n) is 9.23. The van der Waals surface area contributed by atoms with Crippen molar-refractivity contribution in [2.45, 2.75) is 0 Å². The molecule has 0 unspecified atom stereocenters. The van der Waals surface area contributed by atoms with Gasteiger partial charge in [0.2, 0.25) is 0 Å². The maximum absolute atomic E-state index is 7.25. The Hall–Kier alpha value is -7.00. The Labute approximate surface area is 327 Å². The standard InChI is InChI=1S/C54H32OS/c1-2-17-35(18-3-1)48-52-46(55-53(48)37-30-29-33-15-4-5-19-36(33)31-37)32-45(54-51(52)44-26-12-13-28-47(44)56-54)50-42-24-10-8-22-40(42)49(41-23-9-11-25-43(41)50)39-27-14-20-34-16-6-7-21-38(34)39/h1-32H. The van der Waals surface area contributed by atoms with Crippen LogP contribution in [0.2, 0.25) is 0 Å². The Morgan fingerprint density at radius 2 is 0.911 bits per heavy atom. The number of benzene rings is 10. The van der Waals surface area contributed by atoms with Crippen LogP contribution < -0.4 is 0 Å². The zero-order valence-electron chi connectivity index (χ0n) is 30.3. The molecule has 2 aromatic heterocycles. The van der Waals surface area contributed by atoms with E-state index < -0.39 is 0 Å². The molecule has 0 fully saturated rings. The van der Waals surface area contributed by atoms with Crippen molar-refractivity contribution in [3.63, 3.8) is 0 Å². The van der Waals surface area contributed by atoms with Crippen LogP contribution in [0.5, 0.6) is 0 Å². The SMILES string of the molecule is c1ccc(-c2c(-c3ccc4ccccc4c3)oc3cc(-c4c5ccccc5c(-c5cccc6ccccc56)c5ccccc45)c4sc5ccccc5c4c23)cc1. The third-order valence-electron chi connectivity index (χ3n) is 11.6. The van der Waals surface area contributed by atoms with E-state index in [1.165, 1.54) is 85.5 Å². The maximum atomic E-state index is 7.25. The summed E-state index contributed by atoms with van der Waals surface area (Å²) < 4.78 is 9.79. The van der Waals surface area contributed by atoms with Gasteiger partial charge in [0, 0.05) is 42.2 Å². The van der Waals surface area contributed by atoms with Crippen molar-refractivity contribution < 1.29 is 4.42 Å². The number of rotatable bonds is 4. The monoisotopic (exact) mass is 728 g/mol. The molecule has 260 valence electrons. The summed E-state index contributed by atoms with van der Waals surface area (Å²) in [6, 6.07) is 70.7. The van der Waals surface area contributed by atoms with Gasteiger partial charge < -0.3 is 4.42 Å². The highest BCUT2D eigenvalue weighted by molar-refractivity contribution is 7.26. The van der Waals surface area contributed by atoms with Crippen LogP contribution in [0.4, 0.5) is 0 Å². The molecule has 0 atom stereocenters. The van der Waals surface area contributed by atoms with E-state index in [1.807, 2.05) is 11.3 Å². The second-order valence-electron chi connectivity index (χ2n) is 14.7. The van der Waals surface area contributed by atoms with E-state index in [4.69, 9.17) is 4.42 Å². The summed E-state index contributed by atoms with van der Waals surface area (Å²) in [4.78, 5) is 0. The predicted molar refractivity (Wildman–Crippen MR) is 241 cm³/mol. The summed E-state index contributed by atoms with van der Waals surface area (Å²) in [7, 11) is 0. The molecule has 0 aliphatic heterocycles. The quantitative estimate of drug-likeness (QED) is 0.165. The second-order valence-corrected chi connectivity index (χ2v) is 15.8. The first-order chi connectivity index (χ1) is 27.8. The minimum Gasteiger partial charge on any atom is -0.455 e. The van der Waals surface area contributed by atoms with E-state index in [2.05, 4.69) is 194 Å². The highest BCUT2D eigenvalue weighted by Gasteiger charge is 2.26. The van der Waals surface area contributed by atoms with Gasteiger partial charge in [-0.25, -0.2) is 0 Å². The number of fused-ring (bicyclic) bond motifs is 9. The van der Waals surface area contributed by atoms with Crippen LogP contribution in [0.3, 0.4) is 0 Å². The van der Waals surface area contributed by atoms with Crippen LogP contribution in [0.1, 0.15) is 0 Å². The molecular formula is C54H32OS. The molecule has 0 aliphatic rings. The second kappa shape index (κ2) is 12.3. The average molecular weight is 729 g/mol. The van der Waals surface area contributed by atoms with E-state index in [0.29, 0.717) is 0 Å². The van der Waals surface area contributed by atoms with Gasteiger partial charge >= 0.3 is 0 Å². The minimum absolute atomic E-state index is 0.893. The van der Waals surface area contributed by atoms with E-state index in [-0.39, 0.29) is 0 Å². The van der Waals surface area contributed by atoms with Gasteiger partial charge in [0.15, 0.2) is 0 Å². The highest BCUT2D eigenvalue weighted by Crippen LogP contribution is 2.53. The molecule has 0 amide bonds. The fourth-order valence-corrected chi connectivity index (χ4v) is 10.5. The van der Waals surface area contributed by atoms with Gasteiger partial charge in [-0.2, -0.15) is 0 Å². The molecular weight excluding hydrogens is 697 g/mol.